The van der Waals surface area contributed by atoms with Gasteiger partial charge in [-0.3, -0.25) is 0 Å². The van der Waals surface area contributed by atoms with Crippen LogP contribution < -0.4 is 15.4 Å². The number of para-hydroxylation sites is 2. The fourth-order valence-corrected chi connectivity index (χ4v) is 1.48. The highest BCUT2D eigenvalue weighted by atomic mass is 19.3. The summed E-state index contributed by atoms with van der Waals surface area (Å²) in [5, 5.41) is 5.33. The maximum atomic E-state index is 13.2. The van der Waals surface area contributed by atoms with Crippen LogP contribution in [0.5, 0.6) is 5.75 Å². The second-order valence-corrected chi connectivity index (χ2v) is 5.82. The van der Waals surface area contributed by atoms with E-state index in [-0.39, 0.29) is 12.2 Å². The van der Waals surface area contributed by atoms with Crippen LogP contribution in [-0.4, -0.2) is 24.1 Å². The van der Waals surface area contributed by atoms with Crippen LogP contribution in [0.25, 0.3) is 0 Å². The number of rotatable bonds is 5. The highest BCUT2D eigenvalue weighted by Crippen LogP contribution is 2.26. The minimum Gasteiger partial charge on any atom is -0.485 e. The van der Waals surface area contributed by atoms with Gasteiger partial charge < -0.3 is 15.4 Å². The summed E-state index contributed by atoms with van der Waals surface area (Å²) in [4.78, 5) is 11.8. The third-order valence-electron chi connectivity index (χ3n) is 2.58. The molecule has 0 fully saturated rings. The number of anilines is 1. The summed E-state index contributed by atoms with van der Waals surface area (Å²) in [6.07, 6.45) is -0.299. The Morgan fingerprint density at radius 3 is 2.43 bits per heavy atom. The van der Waals surface area contributed by atoms with Crippen LogP contribution in [0.2, 0.25) is 0 Å². The van der Waals surface area contributed by atoms with Crippen LogP contribution in [0, 0.1) is 0 Å². The first kappa shape index (κ1) is 17.2. The van der Waals surface area contributed by atoms with Crippen molar-refractivity contribution in [1.29, 1.82) is 0 Å². The second-order valence-electron chi connectivity index (χ2n) is 5.82. The molecule has 0 bridgehead atoms. The Kier molecular flexibility index (Phi) is 5.52. The van der Waals surface area contributed by atoms with Crippen LogP contribution in [0.1, 0.15) is 34.1 Å². The largest absolute Gasteiger partial charge is 0.485 e. The molecule has 0 heterocycles. The number of hydrogen-bond acceptors (Lipinski definition) is 2. The van der Waals surface area contributed by atoms with Gasteiger partial charge in [-0.05, 0) is 32.9 Å². The Balaban J connectivity index is 2.73. The Morgan fingerprint density at radius 2 is 1.86 bits per heavy atom. The van der Waals surface area contributed by atoms with E-state index in [4.69, 9.17) is 4.74 Å². The zero-order chi connectivity index (χ0) is 16.1. The number of carbonyl (C=O) groups is 1. The van der Waals surface area contributed by atoms with Gasteiger partial charge in [-0.15, -0.1) is 0 Å². The van der Waals surface area contributed by atoms with Crippen molar-refractivity contribution in [2.75, 3.05) is 11.9 Å². The monoisotopic (exact) mass is 300 g/mol. The van der Waals surface area contributed by atoms with E-state index in [1.165, 1.54) is 6.92 Å². The minimum absolute atomic E-state index is 0.217. The average Bonchev–Trinajstić information content (AvgIpc) is 2.35. The first-order valence-electron chi connectivity index (χ1n) is 6.82. The van der Waals surface area contributed by atoms with Gasteiger partial charge >= 0.3 is 6.03 Å². The third-order valence-corrected chi connectivity index (χ3v) is 2.58. The van der Waals surface area contributed by atoms with Crippen molar-refractivity contribution in [2.45, 2.75) is 45.6 Å². The zero-order valence-corrected chi connectivity index (χ0v) is 12.8. The lowest BCUT2D eigenvalue weighted by molar-refractivity contribution is -0.0434. The van der Waals surface area contributed by atoms with E-state index < -0.39 is 24.1 Å². The van der Waals surface area contributed by atoms with Gasteiger partial charge in [-0.2, -0.15) is 0 Å². The highest BCUT2D eigenvalue weighted by molar-refractivity contribution is 5.91. The standard InChI is InChI=1S/C15H22F2N2O2/c1-5-15(16,17)10-21-12-9-7-6-8-11(12)18-13(20)19-14(2,3)4/h6-9H,5,10H2,1-4H3,(H2,18,19,20). The van der Waals surface area contributed by atoms with Crippen molar-refractivity contribution in [3.8, 4) is 5.75 Å². The van der Waals surface area contributed by atoms with E-state index in [0.717, 1.165) is 0 Å². The van der Waals surface area contributed by atoms with Gasteiger partial charge in [-0.25, -0.2) is 13.6 Å². The van der Waals surface area contributed by atoms with Gasteiger partial charge in [0.05, 0.1) is 5.69 Å². The van der Waals surface area contributed by atoms with Gasteiger partial charge in [0, 0.05) is 12.0 Å². The van der Waals surface area contributed by atoms with Gasteiger partial charge in [-0.1, -0.05) is 19.1 Å². The van der Waals surface area contributed by atoms with Crippen LogP contribution in [0.15, 0.2) is 24.3 Å². The highest BCUT2D eigenvalue weighted by Gasteiger charge is 2.27. The average molecular weight is 300 g/mol. The van der Waals surface area contributed by atoms with Crippen molar-refractivity contribution in [1.82, 2.24) is 5.32 Å². The SMILES string of the molecule is CCC(F)(F)COc1ccccc1NC(=O)NC(C)(C)C. The Bertz CT molecular complexity index is 485. The summed E-state index contributed by atoms with van der Waals surface area (Å²) in [6, 6.07) is 6.07. The molecule has 118 valence electrons. The van der Waals surface area contributed by atoms with Crippen molar-refractivity contribution in [3.63, 3.8) is 0 Å². The number of amides is 2. The summed E-state index contributed by atoms with van der Waals surface area (Å²) >= 11 is 0. The van der Waals surface area contributed by atoms with Crippen molar-refractivity contribution in [3.05, 3.63) is 24.3 Å². The lowest BCUT2D eigenvalue weighted by Gasteiger charge is -2.22. The fraction of sp³-hybridized carbons (Fsp3) is 0.533. The van der Waals surface area contributed by atoms with E-state index in [9.17, 15) is 13.6 Å². The van der Waals surface area contributed by atoms with Gasteiger partial charge in [0.1, 0.15) is 5.75 Å². The Labute approximate surface area is 123 Å². The Hall–Kier alpha value is -1.85. The molecular weight excluding hydrogens is 278 g/mol. The quantitative estimate of drug-likeness (QED) is 0.862. The van der Waals surface area contributed by atoms with Crippen LogP contribution in [-0.2, 0) is 0 Å². The summed E-state index contributed by atoms with van der Waals surface area (Å²) in [5.41, 5.74) is -0.0408. The third kappa shape index (κ3) is 6.42. The van der Waals surface area contributed by atoms with Crippen molar-refractivity contribution >= 4 is 11.7 Å². The molecule has 0 saturated heterocycles. The predicted molar refractivity (Wildman–Crippen MR) is 79.1 cm³/mol. The number of hydrogen-bond donors (Lipinski definition) is 2. The second kappa shape index (κ2) is 6.74. The first-order chi connectivity index (χ1) is 9.63. The number of alkyl halides is 2. The number of benzene rings is 1. The normalized spacial score (nSPS) is 11.9. The molecule has 0 atom stereocenters. The summed E-state index contributed by atoms with van der Waals surface area (Å²) in [6.45, 7) is 6.21. The van der Waals surface area contributed by atoms with E-state index in [1.807, 2.05) is 20.8 Å². The molecule has 21 heavy (non-hydrogen) atoms. The lowest BCUT2D eigenvalue weighted by atomic mass is 10.1. The van der Waals surface area contributed by atoms with Crippen LogP contribution >= 0.6 is 0 Å². The molecule has 0 spiro atoms. The fourth-order valence-electron chi connectivity index (χ4n) is 1.48. The van der Waals surface area contributed by atoms with Gasteiger partial charge in [0.15, 0.2) is 6.61 Å². The molecule has 0 unspecified atom stereocenters. The van der Waals surface area contributed by atoms with Crippen LogP contribution in [0.4, 0.5) is 19.3 Å². The van der Waals surface area contributed by atoms with E-state index in [0.29, 0.717) is 5.69 Å². The van der Waals surface area contributed by atoms with Crippen molar-refractivity contribution in [2.24, 2.45) is 0 Å². The molecule has 0 radical (unpaired) electrons. The predicted octanol–water partition coefficient (Wildman–Crippen LogP) is 4.03. The topological polar surface area (TPSA) is 50.4 Å². The molecule has 6 heteroatoms. The van der Waals surface area contributed by atoms with E-state index >= 15 is 0 Å². The summed E-state index contributed by atoms with van der Waals surface area (Å²) in [7, 11) is 0. The molecule has 0 aliphatic carbocycles. The summed E-state index contributed by atoms with van der Waals surface area (Å²) < 4.78 is 31.6. The maximum absolute atomic E-state index is 13.2. The molecule has 4 nitrogen and oxygen atoms in total. The smallest absolute Gasteiger partial charge is 0.319 e. The maximum Gasteiger partial charge on any atom is 0.319 e. The molecule has 2 amide bonds. The number of ether oxygens (including phenoxy) is 1. The Morgan fingerprint density at radius 1 is 1.24 bits per heavy atom. The molecule has 2 N–H and O–H groups in total. The van der Waals surface area contributed by atoms with Gasteiger partial charge in [0.2, 0.25) is 0 Å². The molecular formula is C15H22F2N2O2. The molecule has 0 aliphatic heterocycles. The zero-order valence-electron chi connectivity index (χ0n) is 12.8. The molecule has 0 saturated carbocycles. The number of carbonyl (C=O) groups excluding carboxylic acids is 1. The molecule has 1 rings (SSSR count). The first-order valence-corrected chi connectivity index (χ1v) is 6.82. The van der Waals surface area contributed by atoms with E-state index in [1.54, 1.807) is 24.3 Å². The van der Waals surface area contributed by atoms with Gasteiger partial charge in [0.25, 0.3) is 5.92 Å². The van der Waals surface area contributed by atoms with Crippen molar-refractivity contribution < 1.29 is 18.3 Å². The molecule has 1 aromatic carbocycles. The molecule has 1 aromatic rings. The molecule has 0 aromatic heterocycles. The summed E-state index contributed by atoms with van der Waals surface area (Å²) in [5.74, 6) is -2.67. The number of urea groups is 1. The number of halogens is 2. The van der Waals surface area contributed by atoms with E-state index in [2.05, 4.69) is 10.6 Å². The lowest BCUT2D eigenvalue weighted by Crippen LogP contribution is -2.43. The number of nitrogens with one attached hydrogen (secondary N) is 2. The minimum atomic E-state index is -2.89. The molecule has 0 aliphatic rings. The van der Waals surface area contributed by atoms with Crippen LogP contribution in [0.3, 0.4) is 0 Å².